The summed E-state index contributed by atoms with van der Waals surface area (Å²) >= 11 is 0. The van der Waals surface area contributed by atoms with Gasteiger partial charge in [0.15, 0.2) is 5.82 Å². The molecule has 0 atom stereocenters. The van der Waals surface area contributed by atoms with E-state index >= 15 is 0 Å². The lowest BCUT2D eigenvalue weighted by molar-refractivity contribution is -0.0625. The third kappa shape index (κ3) is 3.51. The predicted molar refractivity (Wildman–Crippen MR) is 75.8 cm³/mol. The number of rotatable bonds is 5. The van der Waals surface area contributed by atoms with Crippen molar-refractivity contribution in [2.75, 3.05) is 13.2 Å². The Morgan fingerprint density at radius 3 is 2.63 bits per heavy atom. The Bertz CT molecular complexity index is 387. The van der Waals surface area contributed by atoms with Crippen molar-refractivity contribution >= 4 is 0 Å². The van der Waals surface area contributed by atoms with Crippen LogP contribution in [-0.4, -0.2) is 23.1 Å². The topological polar surface area (TPSA) is 61.0 Å². The molecule has 4 heteroatoms. The smallest absolute Gasteiger partial charge is 0.160 e. The van der Waals surface area contributed by atoms with E-state index < -0.39 is 0 Å². The molecule has 0 radical (unpaired) electrons. The molecule has 2 rings (SSSR count). The van der Waals surface area contributed by atoms with Gasteiger partial charge in [-0.1, -0.05) is 25.7 Å². The van der Waals surface area contributed by atoms with Crippen molar-refractivity contribution in [2.45, 2.75) is 57.5 Å². The average Bonchev–Trinajstić information content (AvgIpc) is 2.67. The van der Waals surface area contributed by atoms with E-state index in [4.69, 9.17) is 15.5 Å². The van der Waals surface area contributed by atoms with Gasteiger partial charge in [-0.2, -0.15) is 0 Å². The Labute approximate surface area is 115 Å². The Morgan fingerprint density at radius 2 is 2.00 bits per heavy atom. The van der Waals surface area contributed by atoms with Gasteiger partial charge in [-0.05, 0) is 32.4 Å². The van der Waals surface area contributed by atoms with Crippen LogP contribution in [0.2, 0.25) is 0 Å². The standard InChI is InChI=1S/C15H25N3O/c1-2-19-15(9-5-3-4-6-10-15)14-17-12-8-13(18-14)7-11-16/h8,12H,2-7,9-11,16H2,1H3. The van der Waals surface area contributed by atoms with E-state index in [2.05, 4.69) is 11.9 Å². The molecule has 4 nitrogen and oxygen atoms in total. The summed E-state index contributed by atoms with van der Waals surface area (Å²) in [6.45, 7) is 3.39. The van der Waals surface area contributed by atoms with Crippen molar-refractivity contribution in [1.82, 2.24) is 9.97 Å². The van der Waals surface area contributed by atoms with E-state index in [1.807, 2.05) is 12.3 Å². The Balaban J connectivity index is 2.28. The Hall–Kier alpha value is -1.00. The maximum Gasteiger partial charge on any atom is 0.160 e. The first kappa shape index (κ1) is 14.4. The molecular formula is C15H25N3O. The minimum Gasteiger partial charge on any atom is -0.367 e. The summed E-state index contributed by atoms with van der Waals surface area (Å²) in [7, 11) is 0. The van der Waals surface area contributed by atoms with Crippen molar-refractivity contribution in [2.24, 2.45) is 5.73 Å². The van der Waals surface area contributed by atoms with Gasteiger partial charge in [-0.15, -0.1) is 0 Å². The van der Waals surface area contributed by atoms with Gasteiger partial charge in [0.2, 0.25) is 0 Å². The fourth-order valence-corrected chi connectivity index (χ4v) is 2.91. The van der Waals surface area contributed by atoms with Crippen molar-refractivity contribution in [3.8, 4) is 0 Å². The zero-order chi connectivity index (χ0) is 13.6. The second-order valence-corrected chi connectivity index (χ2v) is 5.25. The molecule has 106 valence electrons. The first-order valence-electron chi connectivity index (χ1n) is 7.47. The van der Waals surface area contributed by atoms with Crippen LogP contribution in [0, 0.1) is 0 Å². The van der Waals surface area contributed by atoms with Crippen LogP contribution in [0.1, 0.15) is 57.0 Å². The van der Waals surface area contributed by atoms with E-state index in [9.17, 15) is 0 Å². The lowest BCUT2D eigenvalue weighted by Gasteiger charge is -2.31. The highest BCUT2D eigenvalue weighted by Gasteiger charge is 2.36. The number of nitrogens with two attached hydrogens (primary N) is 1. The Morgan fingerprint density at radius 1 is 1.26 bits per heavy atom. The third-order valence-electron chi connectivity index (χ3n) is 3.85. The van der Waals surface area contributed by atoms with Crippen LogP contribution in [0.25, 0.3) is 0 Å². The molecule has 1 fully saturated rings. The van der Waals surface area contributed by atoms with Gasteiger partial charge in [0.25, 0.3) is 0 Å². The number of hydrogen-bond acceptors (Lipinski definition) is 4. The molecule has 0 saturated heterocycles. The monoisotopic (exact) mass is 263 g/mol. The van der Waals surface area contributed by atoms with Crippen LogP contribution < -0.4 is 5.73 Å². The predicted octanol–water partition coefficient (Wildman–Crippen LogP) is 2.56. The summed E-state index contributed by atoms with van der Waals surface area (Å²) in [5.74, 6) is 0.863. The summed E-state index contributed by atoms with van der Waals surface area (Å²) in [4.78, 5) is 9.20. The zero-order valence-corrected chi connectivity index (χ0v) is 11.9. The summed E-state index contributed by atoms with van der Waals surface area (Å²) in [6.07, 6.45) is 9.69. The molecule has 0 aromatic carbocycles. The maximum atomic E-state index is 6.11. The molecule has 2 N–H and O–H groups in total. The summed E-state index contributed by atoms with van der Waals surface area (Å²) in [5.41, 5.74) is 6.37. The molecule has 1 aromatic rings. The van der Waals surface area contributed by atoms with Gasteiger partial charge in [0, 0.05) is 24.9 Å². The third-order valence-corrected chi connectivity index (χ3v) is 3.85. The highest BCUT2D eigenvalue weighted by molar-refractivity contribution is 5.10. The van der Waals surface area contributed by atoms with Gasteiger partial charge in [0.1, 0.15) is 5.60 Å². The second-order valence-electron chi connectivity index (χ2n) is 5.25. The molecular weight excluding hydrogens is 238 g/mol. The molecule has 1 aromatic heterocycles. The normalized spacial score (nSPS) is 19.1. The molecule has 1 heterocycles. The van der Waals surface area contributed by atoms with E-state index in [0.29, 0.717) is 13.2 Å². The van der Waals surface area contributed by atoms with Crippen LogP contribution in [0.3, 0.4) is 0 Å². The minimum absolute atomic E-state index is 0.268. The van der Waals surface area contributed by atoms with E-state index in [1.54, 1.807) is 0 Å². The van der Waals surface area contributed by atoms with Crippen LogP contribution >= 0.6 is 0 Å². The summed E-state index contributed by atoms with van der Waals surface area (Å²) in [5, 5.41) is 0. The highest BCUT2D eigenvalue weighted by Crippen LogP contribution is 2.37. The van der Waals surface area contributed by atoms with Crippen molar-refractivity contribution in [3.05, 3.63) is 23.8 Å². The fraction of sp³-hybridized carbons (Fsp3) is 0.733. The number of aromatic nitrogens is 2. The van der Waals surface area contributed by atoms with E-state index in [0.717, 1.165) is 30.8 Å². The van der Waals surface area contributed by atoms with Crippen LogP contribution in [0.15, 0.2) is 12.3 Å². The van der Waals surface area contributed by atoms with Crippen molar-refractivity contribution in [1.29, 1.82) is 0 Å². The molecule has 19 heavy (non-hydrogen) atoms. The molecule has 0 aliphatic heterocycles. The average molecular weight is 263 g/mol. The Kier molecular flexibility index (Phi) is 5.28. The highest BCUT2D eigenvalue weighted by atomic mass is 16.5. The first-order valence-corrected chi connectivity index (χ1v) is 7.47. The molecule has 1 aliphatic rings. The molecule has 0 unspecified atom stereocenters. The summed E-state index contributed by atoms with van der Waals surface area (Å²) in [6, 6.07) is 1.95. The van der Waals surface area contributed by atoms with Gasteiger partial charge < -0.3 is 10.5 Å². The van der Waals surface area contributed by atoms with Crippen LogP contribution in [-0.2, 0) is 16.8 Å². The maximum absolute atomic E-state index is 6.11. The second kappa shape index (κ2) is 6.96. The molecule has 0 amide bonds. The lowest BCUT2D eigenvalue weighted by Crippen LogP contribution is -2.32. The number of hydrogen-bond donors (Lipinski definition) is 1. The van der Waals surface area contributed by atoms with Crippen LogP contribution in [0.4, 0.5) is 0 Å². The molecule has 0 spiro atoms. The van der Waals surface area contributed by atoms with Crippen molar-refractivity contribution < 1.29 is 4.74 Å². The number of nitrogens with zero attached hydrogens (tertiary/aromatic N) is 2. The molecule has 1 saturated carbocycles. The fourth-order valence-electron chi connectivity index (χ4n) is 2.91. The van der Waals surface area contributed by atoms with Gasteiger partial charge in [-0.3, -0.25) is 0 Å². The minimum atomic E-state index is -0.268. The van der Waals surface area contributed by atoms with Gasteiger partial charge >= 0.3 is 0 Å². The quantitative estimate of drug-likeness (QED) is 0.829. The van der Waals surface area contributed by atoms with Gasteiger partial charge in [0.05, 0.1) is 0 Å². The zero-order valence-electron chi connectivity index (χ0n) is 11.9. The van der Waals surface area contributed by atoms with Crippen LogP contribution in [0.5, 0.6) is 0 Å². The summed E-state index contributed by atoms with van der Waals surface area (Å²) < 4.78 is 6.11. The first-order chi connectivity index (χ1) is 9.30. The van der Waals surface area contributed by atoms with E-state index in [1.165, 1.54) is 25.7 Å². The SMILES string of the molecule is CCOC1(c2nccc(CCN)n2)CCCCCC1. The molecule has 0 bridgehead atoms. The van der Waals surface area contributed by atoms with E-state index in [-0.39, 0.29) is 5.60 Å². The molecule has 1 aliphatic carbocycles. The number of ether oxygens (including phenoxy) is 1. The van der Waals surface area contributed by atoms with Crippen molar-refractivity contribution in [3.63, 3.8) is 0 Å². The lowest BCUT2D eigenvalue weighted by atomic mass is 9.93. The largest absolute Gasteiger partial charge is 0.367 e. The van der Waals surface area contributed by atoms with Gasteiger partial charge in [-0.25, -0.2) is 9.97 Å².